The van der Waals surface area contributed by atoms with Crippen LogP contribution in [0.5, 0.6) is 5.88 Å². The van der Waals surface area contributed by atoms with Crippen molar-refractivity contribution in [3.63, 3.8) is 0 Å². The number of pyridine rings is 3. The number of nitrogens with one attached hydrogen (secondary N) is 2. The van der Waals surface area contributed by atoms with E-state index in [0.717, 1.165) is 40.0 Å². The molecule has 2 aliphatic rings. The first-order chi connectivity index (χ1) is 16.6. The van der Waals surface area contributed by atoms with Gasteiger partial charge in [-0.05, 0) is 49.1 Å². The maximum Gasteiger partial charge on any atom is 0.235 e. The number of carbonyl (C=O) groups excluding carboxylic acids is 1. The van der Waals surface area contributed by atoms with Gasteiger partial charge in [-0.15, -0.1) is 11.8 Å². The summed E-state index contributed by atoms with van der Waals surface area (Å²) in [6.45, 7) is 1.22. The van der Waals surface area contributed by atoms with E-state index in [2.05, 4.69) is 25.6 Å². The Bertz CT molecular complexity index is 1180. The maximum absolute atomic E-state index is 11.6. The van der Waals surface area contributed by atoms with Crippen molar-refractivity contribution in [2.45, 2.75) is 48.9 Å². The summed E-state index contributed by atoms with van der Waals surface area (Å²) in [4.78, 5) is 26.2. The number of ether oxygens (including phenoxy) is 2. The molecule has 10 heteroatoms. The third-order valence-electron chi connectivity index (χ3n) is 6.20. The van der Waals surface area contributed by atoms with Crippen LogP contribution >= 0.6 is 11.8 Å². The molecule has 0 bridgehead atoms. The van der Waals surface area contributed by atoms with E-state index in [1.807, 2.05) is 30.3 Å². The van der Waals surface area contributed by atoms with Crippen LogP contribution in [0.1, 0.15) is 24.1 Å². The highest BCUT2D eigenvalue weighted by Gasteiger charge is 2.27. The van der Waals surface area contributed by atoms with E-state index in [-0.39, 0.29) is 24.1 Å². The van der Waals surface area contributed by atoms with Crippen molar-refractivity contribution in [2.75, 3.05) is 24.8 Å². The average Bonchev–Trinajstić information content (AvgIpc) is 2.87. The number of nitrogens with two attached hydrogens (primary N) is 1. The number of thioether (sulfide) groups is 1. The predicted molar refractivity (Wildman–Crippen MR) is 131 cm³/mol. The zero-order chi connectivity index (χ0) is 23.5. The monoisotopic (exact) mass is 480 g/mol. The minimum atomic E-state index is -0.136. The van der Waals surface area contributed by atoms with Crippen LogP contribution in [0.4, 0.5) is 5.82 Å². The fourth-order valence-electron chi connectivity index (χ4n) is 4.35. The summed E-state index contributed by atoms with van der Waals surface area (Å²) in [6, 6.07) is 9.80. The molecule has 1 fully saturated rings. The standard InChI is InChI=1S/C24H28N6O3S/c1-32-22-7-4-18-23(30-22)14(8-9-26-18)10-17(25)19-5-2-16(12-33-19)27-11-15-3-6-20-24(28-15)29-21(31)13-34-20/h3-4,6-9,16-17,19,27H,2,5,10-13,25H2,1H3,(H,28,29,31)/t16-,17?,19+/m1/s1. The number of anilines is 1. The van der Waals surface area contributed by atoms with Crippen LogP contribution in [0, 0.1) is 0 Å². The third kappa shape index (κ3) is 5.15. The molecule has 1 saturated heterocycles. The Kier molecular flexibility index (Phi) is 6.91. The van der Waals surface area contributed by atoms with Crippen LogP contribution in [0.3, 0.4) is 0 Å². The molecule has 0 aromatic carbocycles. The van der Waals surface area contributed by atoms with Crippen molar-refractivity contribution in [2.24, 2.45) is 5.73 Å². The van der Waals surface area contributed by atoms with Gasteiger partial charge in [0.15, 0.2) is 0 Å². The van der Waals surface area contributed by atoms with Crippen LogP contribution in [0.25, 0.3) is 11.0 Å². The number of hydrogen-bond acceptors (Lipinski definition) is 9. The Morgan fingerprint density at radius 2 is 2.18 bits per heavy atom. The fourth-order valence-corrected chi connectivity index (χ4v) is 5.10. The minimum absolute atomic E-state index is 0.00662. The maximum atomic E-state index is 11.6. The summed E-state index contributed by atoms with van der Waals surface area (Å²) in [5.74, 6) is 1.65. The molecule has 3 aromatic heterocycles. The molecule has 0 spiro atoms. The van der Waals surface area contributed by atoms with E-state index in [1.165, 1.54) is 11.8 Å². The minimum Gasteiger partial charge on any atom is -0.481 e. The Morgan fingerprint density at radius 3 is 3.00 bits per heavy atom. The van der Waals surface area contributed by atoms with Crippen molar-refractivity contribution < 1.29 is 14.3 Å². The van der Waals surface area contributed by atoms with Gasteiger partial charge in [0, 0.05) is 30.9 Å². The number of carbonyl (C=O) groups is 1. The first-order valence-electron chi connectivity index (χ1n) is 11.4. The van der Waals surface area contributed by atoms with Crippen LogP contribution in [0.15, 0.2) is 41.4 Å². The number of fused-ring (bicyclic) bond motifs is 2. The van der Waals surface area contributed by atoms with Crippen molar-refractivity contribution in [3.8, 4) is 5.88 Å². The van der Waals surface area contributed by atoms with Crippen molar-refractivity contribution >= 4 is 34.5 Å². The van der Waals surface area contributed by atoms with E-state index < -0.39 is 0 Å². The molecule has 5 rings (SSSR count). The molecule has 4 N–H and O–H groups in total. The molecule has 3 atom stereocenters. The Morgan fingerprint density at radius 1 is 1.26 bits per heavy atom. The van der Waals surface area contributed by atoms with Gasteiger partial charge in [-0.1, -0.05) is 0 Å². The first-order valence-corrected chi connectivity index (χ1v) is 12.4. The Hall–Kier alpha value is -2.79. The second-order valence-corrected chi connectivity index (χ2v) is 9.59. The van der Waals surface area contributed by atoms with Crippen LogP contribution in [-0.4, -0.2) is 58.5 Å². The highest BCUT2D eigenvalue weighted by atomic mass is 32.2. The Labute approximate surface area is 202 Å². The van der Waals surface area contributed by atoms with Gasteiger partial charge >= 0.3 is 0 Å². The SMILES string of the molecule is COc1ccc2nccc(CC(N)[C@@H]3CC[C@@H](NCc4ccc5c(n4)NC(=O)CS5)CO3)c2n1. The number of rotatable bonds is 7. The lowest BCUT2D eigenvalue weighted by Crippen LogP contribution is -2.47. The van der Waals surface area contributed by atoms with Gasteiger partial charge in [-0.25, -0.2) is 9.97 Å². The zero-order valence-electron chi connectivity index (χ0n) is 19.0. The molecule has 0 aliphatic carbocycles. The number of nitrogens with zero attached hydrogens (tertiary/aromatic N) is 3. The molecular formula is C24H28N6O3S. The summed E-state index contributed by atoms with van der Waals surface area (Å²) in [5.41, 5.74) is 10.1. The molecule has 5 heterocycles. The number of hydrogen-bond donors (Lipinski definition) is 3. The third-order valence-corrected chi connectivity index (χ3v) is 7.25. The summed E-state index contributed by atoms with van der Waals surface area (Å²) in [5, 5.41) is 6.36. The second kappa shape index (κ2) is 10.2. The van der Waals surface area contributed by atoms with E-state index in [0.29, 0.717) is 37.0 Å². The van der Waals surface area contributed by atoms with Crippen LogP contribution < -0.4 is 21.1 Å². The van der Waals surface area contributed by atoms with Gasteiger partial charge in [-0.3, -0.25) is 9.78 Å². The quantitative estimate of drug-likeness (QED) is 0.467. The largest absolute Gasteiger partial charge is 0.481 e. The molecule has 9 nitrogen and oxygen atoms in total. The Balaban J connectivity index is 1.14. The number of methoxy groups -OCH3 is 1. The van der Waals surface area contributed by atoms with Crippen molar-refractivity contribution in [3.05, 3.63) is 47.8 Å². The predicted octanol–water partition coefficient (Wildman–Crippen LogP) is 2.28. The second-order valence-electron chi connectivity index (χ2n) is 8.57. The van der Waals surface area contributed by atoms with Gasteiger partial charge in [0.05, 0.1) is 47.2 Å². The lowest BCUT2D eigenvalue weighted by atomic mass is 9.95. The van der Waals surface area contributed by atoms with Gasteiger partial charge in [0.1, 0.15) is 5.82 Å². The van der Waals surface area contributed by atoms with Gasteiger partial charge in [0.2, 0.25) is 11.8 Å². The molecule has 1 unspecified atom stereocenters. The summed E-state index contributed by atoms with van der Waals surface area (Å²) >= 11 is 1.52. The van der Waals surface area contributed by atoms with Crippen molar-refractivity contribution in [1.82, 2.24) is 20.3 Å². The molecule has 0 saturated carbocycles. The number of aromatic nitrogens is 3. The van der Waals surface area contributed by atoms with E-state index in [4.69, 9.17) is 15.2 Å². The lowest BCUT2D eigenvalue weighted by Gasteiger charge is -2.33. The molecule has 2 aliphatic heterocycles. The summed E-state index contributed by atoms with van der Waals surface area (Å²) in [6.07, 6.45) is 4.28. The molecule has 0 radical (unpaired) electrons. The normalized spacial score (nSPS) is 21.1. The van der Waals surface area contributed by atoms with Crippen LogP contribution in [0.2, 0.25) is 0 Å². The smallest absolute Gasteiger partial charge is 0.235 e. The van der Waals surface area contributed by atoms with Crippen LogP contribution in [-0.2, 0) is 22.5 Å². The summed E-state index contributed by atoms with van der Waals surface area (Å²) < 4.78 is 11.4. The summed E-state index contributed by atoms with van der Waals surface area (Å²) in [7, 11) is 1.61. The van der Waals surface area contributed by atoms with Crippen molar-refractivity contribution in [1.29, 1.82) is 0 Å². The molecule has 3 aromatic rings. The number of amides is 1. The fraction of sp³-hybridized carbons (Fsp3) is 0.417. The van der Waals surface area contributed by atoms with E-state index >= 15 is 0 Å². The first kappa shape index (κ1) is 23.0. The lowest BCUT2D eigenvalue weighted by molar-refractivity contribution is -0.113. The molecular weight excluding hydrogens is 452 g/mol. The molecule has 34 heavy (non-hydrogen) atoms. The van der Waals surface area contributed by atoms with E-state index in [1.54, 1.807) is 13.3 Å². The average molecular weight is 481 g/mol. The van der Waals surface area contributed by atoms with Gasteiger partial charge in [-0.2, -0.15) is 0 Å². The molecule has 1 amide bonds. The highest BCUT2D eigenvalue weighted by Crippen LogP contribution is 2.29. The van der Waals surface area contributed by atoms with Gasteiger partial charge in [0.25, 0.3) is 0 Å². The zero-order valence-corrected chi connectivity index (χ0v) is 19.8. The van der Waals surface area contributed by atoms with E-state index in [9.17, 15) is 4.79 Å². The highest BCUT2D eigenvalue weighted by molar-refractivity contribution is 8.00. The van der Waals surface area contributed by atoms with Gasteiger partial charge < -0.3 is 25.8 Å². The molecule has 178 valence electrons. The topological polar surface area (TPSA) is 124 Å².